The van der Waals surface area contributed by atoms with Crippen LogP contribution in [0.2, 0.25) is 0 Å². The molecule has 1 amide bonds. The molecular formula is C11H11FN2O2. The predicted molar refractivity (Wildman–Crippen MR) is 57.6 cm³/mol. The molecule has 0 bridgehead atoms. The molecule has 0 radical (unpaired) electrons. The summed E-state index contributed by atoms with van der Waals surface area (Å²) in [5.74, 6) is -0.649. The van der Waals surface area contributed by atoms with E-state index in [0.717, 1.165) is 0 Å². The zero-order valence-corrected chi connectivity index (χ0v) is 8.74. The fourth-order valence-electron chi connectivity index (χ4n) is 1.37. The molecule has 5 heteroatoms. The van der Waals surface area contributed by atoms with Crippen LogP contribution in [0.1, 0.15) is 13.3 Å². The molecule has 1 aromatic rings. The minimum absolute atomic E-state index is 0.0611. The molecule has 2 rings (SSSR count). The van der Waals surface area contributed by atoms with E-state index in [0.29, 0.717) is 17.8 Å². The molecule has 1 atom stereocenters. The first-order valence-corrected chi connectivity index (χ1v) is 4.95. The average molecular weight is 222 g/mol. The van der Waals surface area contributed by atoms with E-state index in [9.17, 15) is 9.18 Å². The van der Waals surface area contributed by atoms with Crippen molar-refractivity contribution in [3.8, 4) is 0 Å². The monoisotopic (exact) mass is 222 g/mol. The number of nitrogens with one attached hydrogen (secondary N) is 1. The first-order chi connectivity index (χ1) is 7.65. The van der Waals surface area contributed by atoms with E-state index in [-0.39, 0.29) is 17.8 Å². The maximum Gasteiger partial charge on any atom is 0.273 e. The molecule has 0 saturated heterocycles. The van der Waals surface area contributed by atoms with Crippen molar-refractivity contribution < 1.29 is 14.0 Å². The lowest BCUT2D eigenvalue weighted by Gasteiger charge is -2.03. The van der Waals surface area contributed by atoms with Crippen LogP contribution in [0.4, 0.5) is 10.1 Å². The van der Waals surface area contributed by atoms with Gasteiger partial charge in [-0.15, -0.1) is 0 Å². The third-order valence-electron chi connectivity index (χ3n) is 2.19. The number of benzene rings is 1. The summed E-state index contributed by atoms with van der Waals surface area (Å²) in [6, 6.07) is 5.55. The molecule has 1 aliphatic rings. The van der Waals surface area contributed by atoms with Gasteiger partial charge in [-0.05, 0) is 31.2 Å². The van der Waals surface area contributed by atoms with Crippen molar-refractivity contribution in [1.29, 1.82) is 0 Å². The van der Waals surface area contributed by atoms with Gasteiger partial charge in [-0.25, -0.2) is 4.39 Å². The highest BCUT2D eigenvalue weighted by molar-refractivity contribution is 6.43. The van der Waals surface area contributed by atoms with Gasteiger partial charge in [0.1, 0.15) is 17.6 Å². The zero-order valence-electron chi connectivity index (χ0n) is 8.74. The fourth-order valence-corrected chi connectivity index (χ4v) is 1.37. The predicted octanol–water partition coefficient (Wildman–Crippen LogP) is 1.93. The van der Waals surface area contributed by atoms with Crippen molar-refractivity contribution >= 4 is 17.3 Å². The van der Waals surface area contributed by atoms with E-state index in [1.54, 1.807) is 0 Å². The van der Waals surface area contributed by atoms with E-state index in [1.807, 2.05) is 6.92 Å². The molecule has 0 aliphatic carbocycles. The van der Waals surface area contributed by atoms with Gasteiger partial charge in [0.05, 0.1) is 0 Å². The van der Waals surface area contributed by atoms with Crippen LogP contribution in [-0.4, -0.2) is 17.7 Å². The number of carbonyl (C=O) groups excluding carboxylic acids is 1. The molecule has 16 heavy (non-hydrogen) atoms. The van der Waals surface area contributed by atoms with Crippen LogP contribution in [-0.2, 0) is 9.63 Å². The summed E-state index contributed by atoms with van der Waals surface area (Å²) >= 11 is 0. The summed E-state index contributed by atoms with van der Waals surface area (Å²) < 4.78 is 12.6. The Morgan fingerprint density at radius 2 is 2.19 bits per heavy atom. The maximum atomic E-state index is 12.6. The second-order valence-corrected chi connectivity index (χ2v) is 3.62. The van der Waals surface area contributed by atoms with Crippen molar-refractivity contribution in [3.63, 3.8) is 0 Å². The minimum atomic E-state index is -0.340. The Bertz CT molecular complexity index is 428. The van der Waals surface area contributed by atoms with Gasteiger partial charge < -0.3 is 10.2 Å². The van der Waals surface area contributed by atoms with E-state index < -0.39 is 0 Å². The number of hydrogen-bond donors (Lipinski definition) is 1. The third-order valence-corrected chi connectivity index (χ3v) is 2.19. The number of nitrogens with zero attached hydrogens (tertiary/aromatic N) is 1. The molecule has 0 aromatic heterocycles. The van der Waals surface area contributed by atoms with Gasteiger partial charge in [0, 0.05) is 12.1 Å². The highest BCUT2D eigenvalue weighted by atomic mass is 19.1. The number of anilines is 1. The molecule has 0 spiro atoms. The molecule has 1 heterocycles. The highest BCUT2D eigenvalue weighted by Crippen LogP contribution is 2.12. The van der Waals surface area contributed by atoms with Gasteiger partial charge in [-0.3, -0.25) is 4.79 Å². The summed E-state index contributed by atoms with van der Waals surface area (Å²) in [5, 5.41) is 6.28. The largest absolute Gasteiger partial charge is 0.392 e. The fraction of sp³-hybridized carbons (Fsp3) is 0.273. The van der Waals surface area contributed by atoms with E-state index in [4.69, 9.17) is 4.84 Å². The lowest BCUT2D eigenvalue weighted by molar-refractivity contribution is -0.110. The van der Waals surface area contributed by atoms with Crippen LogP contribution in [0, 0.1) is 5.82 Å². The molecule has 1 aliphatic heterocycles. The van der Waals surface area contributed by atoms with Crippen molar-refractivity contribution in [2.24, 2.45) is 5.16 Å². The number of rotatable bonds is 2. The number of hydrogen-bond acceptors (Lipinski definition) is 3. The van der Waals surface area contributed by atoms with E-state index in [1.165, 1.54) is 24.3 Å². The van der Waals surface area contributed by atoms with Crippen LogP contribution in [0.15, 0.2) is 29.4 Å². The van der Waals surface area contributed by atoms with Gasteiger partial charge in [-0.2, -0.15) is 0 Å². The second-order valence-electron chi connectivity index (χ2n) is 3.62. The highest BCUT2D eigenvalue weighted by Gasteiger charge is 2.22. The van der Waals surface area contributed by atoms with E-state index in [2.05, 4.69) is 10.5 Å². The summed E-state index contributed by atoms with van der Waals surface area (Å²) in [5.41, 5.74) is 0.894. The van der Waals surface area contributed by atoms with Crippen molar-refractivity contribution in [2.45, 2.75) is 19.4 Å². The lowest BCUT2D eigenvalue weighted by Crippen LogP contribution is -2.22. The summed E-state index contributed by atoms with van der Waals surface area (Å²) in [4.78, 5) is 16.5. The summed E-state index contributed by atoms with van der Waals surface area (Å²) in [6.45, 7) is 1.83. The third kappa shape index (κ3) is 2.36. The van der Waals surface area contributed by atoms with Gasteiger partial charge >= 0.3 is 0 Å². The molecular weight excluding hydrogens is 211 g/mol. The molecule has 1 N–H and O–H groups in total. The SMILES string of the molecule is CC1CC(C(=O)Nc2ccc(F)cc2)=NO1. The Labute approximate surface area is 92.1 Å². The maximum absolute atomic E-state index is 12.6. The number of carbonyl (C=O) groups is 1. The number of oxime groups is 1. The second kappa shape index (κ2) is 4.30. The first-order valence-electron chi connectivity index (χ1n) is 4.95. The molecule has 0 saturated carbocycles. The molecule has 1 aromatic carbocycles. The van der Waals surface area contributed by atoms with Gasteiger partial charge in [0.15, 0.2) is 0 Å². The van der Waals surface area contributed by atoms with Gasteiger partial charge in [0.25, 0.3) is 5.91 Å². The van der Waals surface area contributed by atoms with Crippen molar-refractivity contribution in [1.82, 2.24) is 0 Å². The van der Waals surface area contributed by atoms with E-state index >= 15 is 0 Å². The lowest BCUT2D eigenvalue weighted by atomic mass is 10.2. The molecule has 0 fully saturated rings. The Hall–Kier alpha value is -1.91. The van der Waals surface area contributed by atoms with Crippen LogP contribution < -0.4 is 5.32 Å². The smallest absolute Gasteiger partial charge is 0.273 e. The van der Waals surface area contributed by atoms with Gasteiger partial charge in [0.2, 0.25) is 0 Å². The minimum Gasteiger partial charge on any atom is -0.392 e. The zero-order chi connectivity index (χ0) is 11.5. The number of amides is 1. The summed E-state index contributed by atoms with van der Waals surface area (Å²) in [7, 11) is 0. The average Bonchev–Trinajstić information content (AvgIpc) is 2.68. The number of halogens is 1. The Balaban J connectivity index is 2.00. The molecule has 1 unspecified atom stereocenters. The van der Waals surface area contributed by atoms with Crippen LogP contribution in [0.3, 0.4) is 0 Å². The first kappa shape index (κ1) is 10.6. The molecule has 4 nitrogen and oxygen atoms in total. The quantitative estimate of drug-likeness (QED) is 0.831. The van der Waals surface area contributed by atoms with Crippen LogP contribution in [0.5, 0.6) is 0 Å². The van der Waals surface area contributed by atoms with Crippen LogP contribution in [0.25, 0.3) is 0 Å². The van der Waals surface area contributed by atoms with Gasteiger partial charge in [-0.1, -0.05) is 5.16 Å². The Morgan fingerprint density at radius 1 is 1.50 bits per heavy atom. The standard InChI is InChI=1S/C11H11FN2O2/c1-7-6-10(14-16-7)11(15)13-9-4-2-8(12)3-5-9/h2-5,7H,6H2,1H3,(H,13,15). The van der Waals surface area contributed by atoms with Crippen molar-refractivity contribution in [3.05, 3.63) is 30.1 Å². The Kier molecular flexibility index (Phi) is 2.85. The van der Waals surface area contributed by atoms with Crippen molar-refractivity contribution in [2.75, 3.05) is 5.32 Å². The van der Waals surface area contributed by atoms with Crippen LogP contribution >= 0.6 is 0 Å². The normalized spacial score (nSPS) is 18.9. The molecule has 84 valence electrons. The topological polar surface area (TPSA) is 50.7 Å². The Morgan fingerprint density at radius 3 is 2.75 bits per heavy atom. The summed E-state index contributed by atoms with van der Waals surface area (Å²) in [6.07, 6.45) is 0.432.